The lowest BCUT2D eigenvalue weighted by Gasteiger charge is -2.26. The molecule has 1 aliphatic rings. The Labute approximate surface area is 97.2 Å². The van der Waals surface area contributed by atoms with E-state index in [2.05, 4.69) is 20.7 Å². The Bertz CT molecular complexity index is 449. The number of nitrogens with zero attached hydrogens (tertiary/aromatic N) is 3. The zero-order valence-corrected chi connectivity index (χ0v) is 9.01. The lowest BCUT2D eigenvalue weighted by atomic mass is 10.3. The number of aromatic nitrogens is 2. The molecule has 17 heavy (non-hydrogen) atoms. The van der Waals surface area contributed by atoms with Crippen molar-refractivity contribution in [1.82, 2.24) is 20.2 Å². The Morgan fingerprint density at radius 2 is 2.35 bits per heavy atom. The largest absolute Gasteiger partial charge is 0.353 e. The lowest BCUT2D eigenvalue weighted by molar-refractivity contribution is -0.123. The Kier molecular flexibility index (Phi) is 3.15. The number of amides is 2. The van der Waals surface area contributed by atoms with Crippen LogP contribution in [0.2, 0.25) is 0 Å². The third-order valence-electron chi connectivity index (χ3n) is 2.33. The molecule has 2 rings (SSSR count). The molecule has 2 amide bonds. The maximum atomic E-state index is 12.0. The number of hydrogen-bond acceptors (Lipinski definition) is 6. The Hall–Kier alpha value is -2.22. The fraction of sp³-hybridized carbons (Fsp3) is 0.333. The molecule has 8 heteroatoms. The maximum Gasteiger partial charge on any atom is 0.274 e. The van der Waals surface area contributed by atoms with Gasteiger partial charge in [0, 0.05) is 13.1 Å². The number of rotatable bonds is 2. The van der Waals surface area contributed by atoms with Gasteiger partial charge in [-0.1, -0.05) is 0 Å². The zero-order chi connectivity index (χ0) is 12.3. The molecule has 1 fully saturated rings. The fourth-order valence-corrected chi connectivity index (χ4v) is 1.51. The van der Waals surface area contributed by atoms with Crippen molar-refractivity contribution < 1.29 is 9.59 Å². The molecule has 1 saturated heterocycles. The van der Waals surface area contributed by atoms with Gasteiger partial charge in [-0.25, -0.2) is 10.8 Å². The molecule has 4 N–H and O–H groups in total. The minimum Gasteiger partial charge on any atom is -0.353 e. The summed E-state index contributed by atoms with van der Waals surface area (Å²) in [5, 5.41) is 2.64. The first-order valence-corrected chi connectivity index (χ1v) is 5.05. The van der Waals surface area contributed by atoms with E-state index in [0.717, 1.165) is 0 Å². The number of nitrogens with one attached hydrogen (secondary N) is 2. The predicted molar refractivity (Wildman–Crippen MR) is 58.8 cm³/mol. The molecule has 0 bridgehead atoms. The highest BCUT2D eigenvalue weighted by Gasteiger charge is 2.23. The first-order chi connectivity index (χ1) is 8.20. The van der Waals surface area contributed by atoms with Crippen LogP contribution in [0, 0.1) is 0 Å². The van der Waals surface area contributed by atoms with Crippen LogP contribution in [0.5, 0.6) is 0 Å². The number of nitrogens with two attached hydrogens (primary N) is 1. The van der Waals surface area contributed by atoms with E-state index < -0.39 is 0 Å². The van der Waals surface area contributed by atoms with E-state index in [1.807, 2.05) is 0 Å². The lowest BCUT2D eigenvalue weighted by Crippen LogP contribution is -2.50. The highest BCUT2D eigenvalue weighted by atomic mass is 16.2. The third kappa shape index (κ3) is 2.48. The molecule has 1 aliphatic heterocycles. The minimum atomic E-state index is -0.329. The van der Waals surface area contributed by atoms with Crippen molar-refractivity contribution >= 4 is 17.6 Å². The average molecular weight is 236 g/mol. The van der Waals surface area contributed by atoms with Gasteiger partial charge in [-0.2, -0.15) is 0 Å². The van der Waals surface area contributed by atoms with Crippen LogP contribution in [0.25, 0.3) is 0 Å². The number of carbonyl (C=O) groups is 2. The van der Waals surface area contributed by atoms with Gasteiger partial charge in [-0.05, 0) is 0 Å². The molecule has 1 aromatic heterocycles. The van der Waals surface area contributed by atoms with Crippen molar-refractivity contribution in [3.63, 3.8) is 0 Å². The summed E-state index contributed by atoms with van der Waals surface area (Å²) in [4.78, 5) is 32.4. The van der Waals surface area contributed by atoms with Gasteiger partial charge in [-0.15, -0.1) is 0 Å². The molecule has 0 unspecified atom stereocenters. The van der Waals surface area contributed by atoms with Crippen molar-refractivity contribution in [2.45, 2.75) is 0 Å². The molecule has 0 aliphatic carbocycles. The topological polar surface area (TPSA) is 113 Å². The summed E-state index contributed by atoms with van der Waals surface area (Å²) in [6.45, 7) is 0.958. The zero-order valence-electron chi connectivity index (χ0n) is 9.01. The number of hydrazine groups is 1. The maximum absolute atomic E-state index is 12.0. The van der Waals surface area contributed by atoms with E-state index in [9.17, 15) is 9.59 Å². The number of piperazine rings is 1. The normalized spacial score (nSPS) is 15.4. The van der Waals surface area contributed by atoms with E-state index in [4.69, 9.17) is 5.84 Å². The van der Waals surface area contributed by atoms with Crippen LogP contribution in [0.1, 0.15) is 10.5 Å². The quantitative estimate of drug-likeness (QED) is 0.418. The standard InChI is InChI=1S/C9H12N6O2/c10-14-7-4-11-3-6(13-7)9(17)15-2-1-12-8(16)5-15/h3-4H,1-2,5,10H2,(H,12,16)(H,13,14). The van der Waals surface area contributed by atoms with Crippen LogP contribution < -0.4 is 16.6 Å². The average Bonchev–Trinajstić information content (AvgIpc) is 2.38. The molecule has 0 aromatic carbocycles. The molecular formula is C9H12N6O2. The van der Waals surface area contributed by atoms with Gasteiger partial charge in [0.1, 0.15) is 5.69 Å². The molecule has 1 aromatic rings. The van der Waals surface area contributed by atoms with E-state index >= 15 is 0 Å². The minimum absolute atomic E-state index is 0.0425. The van der Waals surface area contributed by atoms with Crippen LogP contribution in [0.3, 0.4) is 0 Å². The van der Waals surface area contributed by atoms with Gasteiger partial charge in [-0.3, -0.25) is 14.6 Å². The van der Waals surface area contributed by atoms with Crippen LogP contribution in [-0.2, 0) is 4.79 Å². The second kappa shape index (κ2) is 4.74. The SMILES string of the molecule is NNc1cncc(C(=O)N2CCNC(=O)C2)n1. The third-order valence-corrected chi connectivity index (χ3v) is 2.33. The molecule has 0 atom stereocenters. The Morgan fingerprint density at radius 3 is 3.06 bits per heavy atom. The highest BCUT2D eigenvalue weighted by Crippen LogP contribution is 2.05. The van der Waals surface area contributed by atoms with E-state index in [0.29, 0.717) is 18.9 Å². The Balaban J connectivity index is 2.15. The van der Waals surface area contributed by atoms with Crippen molar-refractivity contribution in [1.29, 1.82) is 0 Å². The molecule has 90 valence electrons. The molecular weight excluding hydrogens is 224 g/mol. The number of hydrogen-bond donors (Lipinski definition) is 3. The van der Waals surface area contributed by atoms with Crippen molar-refractivity contribution in [3.8, 4) is 0 Å². The first-order valence-electron chi connectivity index (χ1n) is 5.05. The second-order valence-electron chi connectivity index (χ2n) is 3.51. The van der Waals surface area contributed by atoms with Crippen molar-refractivity contribution in [3.05, 3.63) is 18.1 Å². The van der Waals surface area contributed by atoms with Crippen LogP contribution in [0.15, 0.2) is 12.4 Å². The summed E-state index contributed by atoms with van der Waals surface area (Å²) in [6.07, 6.45) is 2.75. The summed E-state index contributed by atoms with van der Waals surface area (Å²) in [5.74, 6) is 4.98. The van der Waals surface area contributed by atoms with Gasteiger partial charge in [0.25, 0.3) is 5.91 Å². The van der Waals surface area contributed by atoms with Gasteiger partial charge in [0.05, 0.1) is 18.9 Å². The van der Waals surface area contributed by atoms with Gasteiger partial charge in [0.15, 0.2) is 5.82 Å². The highest BCUT2D eigenvalue weighted by molar-refractivity contribution is 5.95. The van der Waals surface area contributed by atoms with Crippen LogP contribution >= 0.6 is 0 Å². The van der Waals surface area contributed by atoms with E-state index in [1.165, 1.54) is 17.3 Å². The van der Waals surface area contributed by atoms with Crippen molar-refractivity contribution in [2.24, 2.45) is 5.84 Å². The molecule has 0 spiro atoms. The summed E-state index contributed by atoms with van der Waals surface area (Å²) in [6, 6.07) is 0. The van der Waals surface area contributed by atoms with Gasteiger partial charge in [0.2, 0.25) is 5.91 Å². The predicted octanol–water partition coefficient (Wildman–Crippen LogP) is -1.67. The smallest absolute Gasteiger partial charge is 0.274 e. The molecule has 0 saturated carbocycles. The summed E-state index contributed by atoms with van der Waals surface area (Å²) in [7, 11) is 0. The fourth-order valence-electron chi connectivity index (χ4n) is 1.51. The Morgan fingerprint density at radius 1 is 1.53 bits per heavy atom. The van der Waals surface area contributed by atoms with Crippen LogP contribution in [-0.4, -0.2) is 46.3 Å². The first kappa shape index (κ1) is 11.3. The van der Waals surface area contributed by atoms with Crippen molar-refractivity contribution in [2.75, 3.05) is 25.1 Å². The molecule has 2 heterocycles. The number of nitrogen functional groups attached to an aromatic ring is 1. The van der Waals surface area contributed by atoms with Gasteiger partial charge >= 0.3 is 0 Å². The number of carbonyl (C=O) groups excluding carboxylic acids is 2. The second-order valence-corrected chi connectivity index (χ2v) is 3.51. The molecule has 8 nitrogen and oxygen atoms in total. The summed E-state index contributed by atoms with van der Waals surface area (Å²) in [5.41, 5.74) is 2.47. The molecule has 0 radical (unpaired) electrons. The monoisotopic (exact) mass is 236 g/mol. The summed E-state index contributed by atoms with van der Waals surface area (Å²) >= 11 is 0. The van der Waals surface area contributed by atoms with Crippen LogP contribution in [0.4, 0.5) is 5.82 Å². The van der Waals surface area contributed by atoms with E-state index in [1.54, 1.807) is 0 Å². The van der Waals surface area contributed by atoms with Gasteiger partial charge < -0.3 is 15.6 Å². The number of anilines is 1. The van der Waals surface area contributed by atoms with E-state index in [-0.39, 0.29) is 24.1 Å². The summed E-state index contributed by atoms with van der Waals surface area (Å²) < 4.78 is 0.